The Balaban J connectivity index is 1.95. The Labute approximate surface area is 149 Å². The molecule has 3 rings (SSSR count). The van der Waals surface area contributed by atoms with Gasteiger partial charge in [-0.15, -0.1) is 0 Å². The van der Waals surface area contributed by atoms with Gasteiger partial charge in [-0.2, -0.15) is 13.2 Å². The van der Waals surface area contributed by atoms with E-state index in [1.165, 1.54) is 6.33 Å². The Morgan fingerprint density at radius 2 is 1.85 bits per heavy atom. The Bertz CT molecular complexity index is 769. The largest absolute Gasteiger partial charge is 0.417 e. The van der Waals surface area contributed by atoms with Gasteiger partial charge in [0.25, 0.3) is 0 Å². The van der Waals surface area contributed by atoms with Gasteiger partial charge in [0, 0.05) is 48.9 Å². The van der Waals surface area contributed by atoms with Crippen molar-refractivity contribution in [3.05, 3.63) is 36.0 Å². The molecule has 2 aromatic rings. The molecule has 1 aliphatic heterocycles. The van der Waals surface area contributed by atoms with E-state index in [0.717, 1.165) is 22.5 Å². The summed E-state index contributed by atoms with van der Waals surface area (Å²) >= 11 is 0. The van der Waals surface area contributed by atoms with E-state index in [-0.39, 0.29) is 25.9 Å². The fraction of sp³-hybridized carbons (Fsp3) is 0.500. The number of halogens is 3. The van der Waals surface area contributed by atoms with Crippen molar-refractivity contribution in [3.8, 4) is 11.1 Å². The minimum atomic E-state index is -4.62. The van der Waals surface area contributed by atoms with Crippen LogP contribution in [0.2, 0.25) is 0 Å². The van der Waals surface area contributed by atoms with Crippen molar-refractivity contribution in [2.45, 2.75) is 44.9 Å². The minimum Gasteiger partial charge on any atom is -0.380 e. The van der Waals surface area contributed by atoms with Gasteiger partial charge in [-0.05, 0) is 19.4 Å². The molecule has 8 heteroatoms. The van der Waals surface area contributed by atoms with Gasteiger partial charge in [0.05, 0.1) is 5.69 Å². The van der Waals surface area contributed by atoms with E-state index in [0.29, 0.717) is 12.2 Å². The summed E-state index contributed by atoms with van der Waals surface area (Å²) in [5, 5.41) is 9.90. The number of anilines is 1. The molecule has 0 bridgehead atoms. The number of piperidine rings is 1. The molecule has 5 nitrogen and oxygen atoms in total. The van der Waals surface area contributed by atoms with Crippen molar-refractivity contribution in [3.63, 3.8) is 0 Å². The van der Waals surface area contributed by atoms with E-state index in [2.05, 4.69) is 15.0 Å². The highest BCUT2D eigenvalue weighted by atomic mass is 19.4. The molecular weight excluding hydrogens is 345 g/mol. The van der Waals surface area contributed by atoms with E-state index in [1.807, 2.05) is 26.0 Å². The standard InChI is InChI=1S/C18H21F3N4O/c1-3-14-15(13-5-4-12(2)22-10-13)16(24-11-23-14)25-8-6-17(26,7-9-25)18(19,20)21/h4-5,10-11,26H,3,6-9H2,1-2H3. The van der Waals surface area contributed by atoms with Crippen LogP contribution in [0, 0.1) is 6.92 Å². The summed E-state index contributed by atoms with van der Waals surface area (Å²) in [6, 6.07) is 3.80. The van der Waals surface area contributed by atoms with Crippen molar-refractivity contribution in [1.82, 2.24) is 15.0 Å². The van der Waals surface area contributed by atoms with Crippen LogP contribution in [-0.2, 0) is 6.42 Å². The van der Waals surface area contributed by atoms with Crippen molar-refractivity contribution in [1.29, 1.82) is 0 Å². The van der Waals surface area contributed by atoms with E-state index in [9.17, 15) is 18.3 Å². The monoisotopic (exact) mass is 366 g/mol. The second kappa shape index (κ2) is 6.83. The van der Waals surface area contributed by atoms with Crippen molar-refractivity contribution < 1.29 is 18.3 Å². The lowest BCUT2D eigenvalue weighted by Gasteiger charge is -2.40. The first kappa shape index (κ1) is 18.6. The number of pyridine rings is 1. The Hall–Kier alpha value is -2.22. The number of aromatic nitrogens is 3. The van der Waals surface area contributed by atoms with Gasteiger partial charge in [-0.3, -0.25) is 4.98 Å². The molecule has 1 N–H and O–H groups in total. The first-order valence-electron chi connectivity index (χ1n) is 8.56. The lowest BCUT2D eigenvalue weighted by Crippen LogP contribution is -2.53. The summed E-state index contributed by atoms with van der Waals surface area (Å²) < 4.78 is 39.2. The van der Waals surface area contributed by atoms with Crippen LogP contribution >= 0.6 is 0 Å². The third-order valence-electron chi connectivity index (χ3n) is 4.86. The summed E-state index contributed by atoms with van der Waals surface area (Å²) in [5.74, 6) is 0.590. The number of rotatable bonds is 3. The van der Waals surface area contributed by atoms with Gasteiger partial charge >= 0.3 is 6.18 Å². The second-order valence-corrected chi connectivity index (χ2v) is 6.58. The number of hydrogen-bond acceptors (Lipinski definition) is 5. The average molecular weight is 366 g/mol. The van der Waals surface area contributed by atoms with Gasteiger partial charge < -0.3 is 10.0 Å². The van der Waals surface area contributed by atoms with Crippen molar-refractivity contribution >= 4 is 5.82 Å². The van der Waals surface area contributed by atoms with Crippen LogP contribution in [0.5, 0.6) is 0 Å². The molecule has 0 aromatic carbocycles. The second-order valence-electron chi connectivity index (χ2n) is 6.58. The predicted molar refractivity (Wildman–Crippen MR) is 91.8 cm³/mol. The van der Waals surface area contributed by atoms with Gasteiger partial charge in [0.2, 0.25) is 0 Å². The third-order valence-corrected chi connectivity index (χ3v) is 4.86. The van der Waals surface area contributed by atoms with Crippen LogP contribution in [0.25, 0.3) is 11.1 Å². The smallest absolute Gasteiger partial charge is 0.380 e. The highest BCUT2D eigenvalue weighted by Gasteiger charge is 2.54. The van der Waals surface area contributed by atoms with Crippen LogP contribution in [0.1, 0.15) is 31.2 Å². The number of hydrogen-bond donors (Lipinski definition) is 1. The maximum Gasteiger partial charge on any atom is 0.417 e. The number of nitrogens with zero attached hydrogens (tertiary/aromatic N) is 4. The Kier molecular flexibility index (Phi) is 4.88. The third kappa shape index (κ3) is 3.38. The molecule has 1 aliphatic rings. The SMILES string of the molecule is CCc1ncnc(N2CCC(O)(C(F)(F)F)CC2)c1-c1ccc(C)nc1. The van der Waals surface area contributed by atoms with Gasteiger partial charge in [-0.25, -0.2) is 9.97 Å². The van der Waals surface area contributed by atoms with Gasteiger partial charge in [0.15, 0.2) is 5.60 Å². The molecule has 0 radical (unpaired) electrons. The fourth-order valence-corrected chi connectivity index (χ4v) is 3.20. The quantitative estimate of drug-likeness (QED) is 0.903. The minimum absolute atomic E-state index is 0.0719. The molecule has 140 valence electrons. The molecule has 1 fully saturated rings. The first-order valence-corrected chi connectivity index (χ1v) is 8.56. The summed E-state index contributed by atoms with van der Waals surface area (Å²) in [5.41, 5.74) is 0.686. The maximum atomic E-state index is 13.1. The van der Waals surface area contributed by atoms with Crippen LogP contribution in [-0.4, -0.2) is 44.9 Å². The molecule has 0 atom stereocenters. The van der Waals surface area contributed by atoms with Crippen molar-refractivity contribution in [2.75, 3.05) is 18.0 Å². The molecule has 26 heavy (non-hydrogen) atoms. The fourth-order valence-electron chi connectivity index (χ4n) is 3.20. The van der Waals surface area contributed by atoms with Gasteiger partial charge in [-0.1, -0.05) is 13.0 Å². The highest BCUT2D eigenvalue weighted by molar-refractivity contribution is 5.77. The van der Waals surface area contributed by atoms with Crippen LogP contribution in [0.15, 0.2) is 24.7 Å². The highest BCUT2D eigenvalue weighted by Crippen LogP contribution is 2.40. The van der Waals surface area contributed by atoms with Crippen LogP contribution < -0.4 is 4.90 Å². The number of alkyl halides is 3. The summed E-state index contributed by atoms with van der Waals surface area (Å²) in [4.78, 5) is 14.8. The molecular formula is C18H21F3N4O. The molecule has 3 heterocycles. The summed E-state index contributed by atoms with van der Waals surface area (Å²) in [6.45, 7) is 4.00. The van der Waals surface area contributed by atoms with Crippen molar-refractivity contribution in [2.24, 2.45) is 0 Å². The lowest BCUT2D eigenvalue weighted by molar-refractivity contribution is -0.266. The zero-order valence-corrected chi connectivity index (χ0v) is 14.7. The van der Waals surface area contributed by atoms with E-state index in [4.69, 9.17) is 0 Å². The number of aryl methyl sites for hydroxylation is 2. The molecule has 0 spiro atoms. The lowest BCUT2D eigenvalue weighted by atomic mass is 9.90. The number of aliphatic hydroxyl groups is 1. The zero-order valence-electron chi connectivity index (χ0n) is 14.7. The van der Waals surface area contributed by atoms with Crippen LogP contribution in [0.4, 0.5) is 19.0 Å². The Morgan fingerprint density at radius 3 is 2.38 bits per heavy atom. The molecule has 0 unspecified atom stereocenters. The molecule has 0 aliphatic carbocycles. The van der Waals surface area contributed by atoms with Crippen LogP contribution in [0.3, 0.4) is 0 Å². The topological polar surface area (TPSA) is 62.1 Å². The van der Waals surface area contributed by atoms with E-state index < -0.39 is 11.8 Å². The molecule has 0 saturated carbocycles. The van der Waals surface area contributed by atoms with E-state index in [1.54, 1.807) is 11.1 Å². The Morgan fingerprint density at radius 1 is 1.15 bits per heavy atom. The molecule has 2 aromatic heterocycles. The normalized spacial score (nSPS) is 17.4. The predicted octanol–water partition coefficient (Wildman–Crippen LogP) is 3.30. The van der Waals surface area contributed by atoms with E-state index >= 15 is 0 Å². The van der Waals surface area contributed by atoms with Gasteiger partial charge in [0.1, 0.15) is 12.1 Å². The summed E-state index contributed by atoms with van der Waals surface area (Å²) in [7, 11) is 0. The molecule has 0 amide bonds. The average Bonchev–Trinajstić information content (AvgIpc) is 2.61. The first-order chi connectivity index (χ1) is 12.2. The maximum absolute atomic E-state index is 13.1. The summed E-state index contributed by atoms with van der Waals surface area (Å²) in [6.07, 6.45) is -1.56. The molecule has 1 saturated heterocycles. The zero-order chi connectivity index (χ0) is 18.9.